The van der Waals surface area contributed by atoms with Gasteiger partial charge in [0.25, 0.3) is 5.91 Å². The van der Waals surface area contributed by atoms with Crippen molar-refractivity contribution in [3.8, 4) is 0 Å². The average molecular weight is 274 g/mol. The van der Waals surface area contributed by atoms with Crippen LogP contribution in [0.1, 0.15) is 34.5 Å². The minimum Gasteiger partial charge on any atom is -0.384 e. The molecule has 0 aliphatic heterocycles. The summed E-state index contributed by atoms with van der Waals surface area (Å²) in [6.45, 7) is 0. The van der Waals surface area contributed by atoms with Gasteiger partial charge < -0.3 is 5.11 Å². The van der Waals surface area contributed by atoms with E-state index in [0.29, 0.717) is 10.7 Å². The molecule has 0 saturated heterocycles. The van der Waals surface area contributed by atoms with Gasteiger partial charge >= 0.3 is 0 Å². The number of rotatable bonds is 3. The van der Waals surface area contributed by atoms with E-state index in [1.165, 1.54) is 11.3 Å². The largest absolute Gasteiger partial charge is 0.384 e. The lowest BCUT2D eigenvalue weighted by Crippen LogP contribution is -2.32. The van der Waals surface area contributed by atoms with Gasteiger partial charge in [0.2, 0.25) is 0 Å². The van der Waals surface area contributed by atoms with E-state index in [0.717, 1.165) is 24.1 Å². The Hall–Kier alpha value is -1.72. The summed E-state index contributed by atoms with van der Waals surface area (Å²) in [5.74, 6) is -0.179. The van der Waals surface area contributed by atoms with Crippen LogP contribution < -0.4 is 5.32 Å². The molecule has 1 aromatic heterocycles. The summed E-state index contributed by atoms with van der Waals surface area (Å²) in [6.07, 6.45) is 4.26. The van der Waals surface area contributed by atoms with Crippen molar-refractivity contribution < 1.29 is 9.90 Å². The standard InChI is InChI=1S/C14H14N2O2S/c17-12(10-5-2-1-3-6-10)16-13-15-9-11(19-13)14(18)7-4-8-14/h1-3,5-6,9,18H,4,7-8H2,(H,15,16,17). The molecule has 1 amide bonds. The van der Waals surface area contributed by atoms with Gasteiger partial charge in [0, 0.05) is 11.8 Å². The van der Waals surface area contributed by atoms with E-state index in [9.17, 15) is 9.90 Å². The van der Waals surface area contributed by atoms with Crippen molar-refractivity contribution in [3.05, 3.63) is 47.0 Å². The van der Waals surface area contributed by atoms with Gasteiger partial charge in [-0.25, -0.2) is 4.98 Å². The Kier molecular flexibility index (Phi) is 3.08. The van der Waals surface area contributed by atoms with Gasteiger partial charge in [0.05, 0.1) is 4.88 Å². The summed E-state index contributed by atoms with van der Waals surface area (Å²) >= 11 is 1.35. The van der Waals surface area contributed by atoms with Crippen LogP contribution >= 0.6 is 11.3 Å². The van der Waals surface area contributed by atoms with Gasteiger partial charge in [-0.3, -0.25) is 10.1 Å². The summed E-state index contributed by atoms with van der Waals surface area (Å²) in [7, 11) is 0. The number of carbonyl (C=O) groups is 1. The molecule has 3 rings (SSSR count). The molecule has 1 aromatic carbocycles. The van der Waals surface area contributed by atoms with Crippen molar-refractivity contribution in [2.75, 3.05) is 5.32 Å². The minimum absolute atomic E-state index is 0.179. The first-order valence-electron chi connectivity index (χ1n) is 6.22. The summed E-state index contributed by atoms with van der Waals surface area (Å²) in [5, 5.41) is 13.5. The zero-order chi connectivity index (χ0) is 13.3. The first-order chi connectivity index (χ1) is 9.17. The Morgan fingerprint density at radius 2 is 2.05 bits per heavy atom. The third-order valence-electron chi connectivity index (χ3n) is 3.40. The van der Waals surface area contributed by atoms with Crippen LogP contribution in [0.3, 0.4) is 0 Å². The summed E-state index contributed by atoms with van der Waals surface area (Å²) in [5.41, 5.74) is -0.116. The fourth-order valence-corrected chi connectivity index (χ4v) is 3.02. The molecule has 1 aliphatic carbocycles. The molecule has 2 N–H and O–H groups in total. The van der Waals surface area contributed by atoms with Crippen LogP contribution in [0, 0.1) is 0 Å². The summed E-state index contributed by atoms with van der Waals surface area (Å²) < 4.78 is 0. The van der Waals surface area contributed by atoms with Gasteiger partial charge in [0.1, 0.15) is 5.60 Å². The number of nitrogens with one attached hydrogen (secondary N) is 1. The molecule has 0 bridgehead atoms. The zero-order valence-electron chi connectivity index (χ0n) is 10.3. The van der Waals surface area contributed by atoms with Crippen molar-refractivity contribution in [1.82, 2.24) is 4.98 Å². The van der Waals surface area contributed by atoms with E-state index in [1.807, 2.05) is 18.2 Å². The summed E-state index contributed by atoms with van der Waals surface area (Å²) in [6, 6.07) is 9.01. The molecule has 0 atom stereocenters. The van der Waals surface area contributed by atoms with E-state index < -0.39 is 5.60 Å². The number of aromatic nitrogens is 1. The number of carbonyl (C=O) groups excluding carboxylic acids is 1. The fourth-order valence-electron chi connectivity index (χ4n) is 2.06. The molecular weight excluding hydrogens is 260 g/mol. The number of hydrogen-bond donors (Lipinski definition) is 2. The maximum Gasteiger partial charge on any atom is 0.257 e. The van der Waals surface area contributed by atoms with Crippen molar-refractivity contribution in [1.29, 1.82) is 0 Å². The average Bonchev–Trinajstić information content (AvgIpc) is 2.86. The van der Waals surface area contributed by atoms with E-state index in [2.05, 4.69) is 10.3 Å². The first-order valence-corrected chi connectivity index (χ1v) is 7.04. The van der Waals surface area contributed by atoms with Crippen LogP contribution in [0.15, 0.2) is 36.5 Å². The molecule has 0 spiro atoms. The molecule has 2 aromatic rings. The minimum atomic E-state index is -0.715. The third kappa shape index (κ3) is 2.39. The lowest BCUT2D eigenvalue weighted by Gasteiger charge is -2.35. The molecule has 19 heavy (non-hydrogen) atoms. The SMILES string of the molecule is O=C(Nc1ncc(C2(O)CCC2)s1)c1ccccc1. The molecule has 0 unspecified atom stereocenters. The Morgan fingerprint density at radius 3 is 2.68 bits per heavy atom. The maximum atomic E-state index is 11.9. The number of aliphatic hydroxyl groups is 1. The van der Waals surface area contributed by atoms with E-state index in [1.54, 1.807) is 18.3 Å². The van der Waals surface area contributed by atoms with Crippen molar-refractivity contribution in [2.45, 2.75) is 24.9 Å². The van der Waals surface area contributed by atoms with Crippen molar-refractivity contribution in [3.63, 3.8) is 0 Å². The number of benzene rings is 1. The van der Waals surface area contributed by atoms with Crippen LogP contribution in [0.4, 0.5) is 5.13 Å². The molecule has 1 aliphatic rings. The second kappa shape index (κ2) is 4.75. The normalized spacial score (nSPS) is 16.7. The number of amides is 1. The van der Waals surface area contributed by atoms with Crippen LogP contribution in [-0.4, -0.2) is 16.0 Å². The second-order valence-corrected chi connectivity index (χ2v) is 5.77. The fraction of sp³-hybridized carbons (Fsp3) is 0.286. The van der Waals surface area contributed by atoms with Crippen LogP contribution in [0.2, 0.25) is 0 Å². The van der Waals surface area contributed by atoms with E-state index >= 15 is 0 Å². The highest BCUT2D eigenvalue weighted by molar-refractivity contribution is 7.15. The third-order valence-corrected chi connectivity index (χ3v) is 4.51. The number of nitrogens with zero attached hydrogens (tertiary/aromatic N) is 1. The molecule has 1 heterocycles. The highest BCUT2D eigenvalue weighted by atomic mass is 32.1. The van der Waals surface area contributed by atoms with Gasteiger partial charge in [-0.15, -0.1) is 0 Å². The molecular formula is C14H14N2O2S. The Bertz CT molecular complexity index is 591. The topological polar surface area (TPSA) is 62.2 Å². The quantitative estimate of drug-likeness (QED) is 0.904. The van der Waals surface area contributed by atoms with Gasteiger partial charge in [-0.05, 0) is 31.4 Å². The Labute approximate surface area is 115 Å². The van der Waals surface area contributed by atoms with Gasteiger partial charge in [-0.2, -0.15) is 0 Å². The Morgan fingerprint density at radius 1 is 1.32 bits per heavy atom. The number of hydrogen-bond acceptors (Lipinski definition) is 4. The molecule has 4 nitrogen and oxygen atoms in total. The molecule has 0 radical (unpaired) electrons. The maximum absolute atomic E-state index is 11.9. The lowest BCUT2D eigenvalue weighted by molar-refractivity contribution is -0.0356. The van der Waals surface area contributed by atoms with Crippen LogP contribution in [-0.2, 0) is 5.60 Å². The zero-order valence-corrected chi connectivity index (χ0v) is 11.1. The predicted molar refractivity (Wildman–Crippen MR) is 74.3 cm³/mol. The van der Waals surface area contributed by atoms with Crippen molar-refractivity contribution >= 4 is 22.4 Å². The molecule has 5 heteroatoms. The first kappa shape index (κ1) is 12.3. The van der Waals surface area contributed by atoms with Crippen molar-refractivity contribution in [2.24, 2.45) is 0 Å². The summed E-state index contributed by atoms with van der Waals surface area (Å²) in [4.78, 5) is 16.9. The molecule has 98 valence electrons. The highest BCUT2D eigenvalue weighted by Gasteiger charge is 2.38. The smallest absolute Gasteiger partial charge is 0.257 e. The number of thiazole rings is 1. The lowest BCUT2D eigenvalue weighted by atomic mass is 9.79. The number of anilines is 1. The predicted octanol–water partition coefficient (Wildman–Crippen LogP) is 2.77. The van der Waals surface area contributed by atoms with Crippen LogP contribution in [0.25, 0.3) is 0 Å². The van der Waals surface area contributed by atoms with E-state index in [4.69, 9.17) is 0 Å². The monoisotopic (exact) mass is 274 g/mol. The van der Waals surface area contributed by atoms with Gasteiger partial charge in [0.15, 0.2) is 5.13 Å². The Balaban J connectivity index is 1.72. The van der Waals surface area contributed by atoms with Gasteiger partial charge in [-0.1, -0.05) is 29.5 Å². The van der Waals surface area contributed by atoms with Crippen LogP contribution in [0.5, 0.6) is 0 Å². The van der Waals surface area contributed by atoms with E-state index in [-0.39, 0.29) is 5.91 Å². The second-order valence-electron chi connectivity index (χ2n) is 4.73. The molecule has 1 saturated carbocycles. The molecule has 1 fully saturated rings. The highest BCUT2D eigenvalue weighted by Crippen LogP contribution is 2.44.